The van der Waals surface area contributed by atoms with Gasteiger partial charge in [0, 0.05) is 23.9 Å². The van der Waals surface area contributed by atoms with Crippen LogP contribution in [0.3, 0.4) is 0 Å². The molecule has 0 aromatic heterocycles. The highest BCUT2D eigenvalue weighted by atomic mass is 28.4. The Kier molecular flexibility index (Phi) is 10.8. The molecule has 6 heteroatoms. The molecular formula is C36H61NO4Si. The standard InChI is InChI=1S/C36H61NO4Si/c1-24(2)38-42(39-25(3)4,40-26(5)6)41-29-15-17-30-28(23-29)14-16-32-31(30)20-22-36(10)33(18-19-34(32)36)27(7)13-11-12-21-35(8,9)37/h15,17-18,23-27,31-32,34H,11-14,16,19-22,37H2,1-10H3/t27?,31-,32-,34+,36-/m1/s1. The van der Waals surface area contributed by atoms with Crippen molar-refractivity contribution >= 4 is 9.05 Å². The normalized spacial score (nSPS) is 26.7. The quantitative estimate of drug-likeness (QED) is 0.131. The highest BCUT2D eigenvalue weighted by Crippen LogP contribution is 2.62. The molecule has 0 radical (unpaired) electrons. The van der Waals surface area contributed by atoms with Gasteiger partial charge in [-0.05, 0) is 153 Å². The van der Waals surface area contributed by atoms with E-state index in [0.29, 0.717) is 17.3 Å². The summed E-state index contributed by atoms with van der Waals surface area (Å²) in [4.78, 5) is 0. The van der Waals surface area contributed by atoms with Gasteiger partial charge in [-0.1, -0.05) is 44.4 Å². The average molecular weight is 600 g/mol. The van der Waals surface area contributed by atoms with Crippen LogP contribution in [-0.4, -0.2) is 32.9 Å². The van der Waals surface area contributed by atoms with Crippen LogP contribution in [0.25, 0.3) is 0 Å². The largest absolute Gasteiger partial charge is 0.750 e. The fourth-order valence-corrected chi connectivity index (χ4v) is 10.8. The summed E-state index contributed by atoms with van der Waals surface area (Å²) >= 11 is 0. The topological polar surface area (TPSA) is 62.9 Å². The Morgan fingerprint density at radius 3 is 2.19 bits per heavy atom. The van der Waals surface area contributed by atoms with Gasteiger partial charge in [0.25, 0.3) is 0 Å². The minimum absolute atomic E-state index is 0.0495. The molecule has 42 heavy (non-hydrogen) atoms. The number of benzene rings is 1. The molecule has 2 N–H and O–H groups in total. The lowest BCUT2D eigenvalue weighted by atomic mass is 9.53. The van der Waals surface area contributed by atoms with E-state index in [9.17, 15) is 0 Å². The highest BCUT2D eigenvalue weighted by Gasteiger charge is 2.53. The fraction of sp³-hybridized carbons (Fsp3) is 0.778. The maximum absolute atomic E-state index is 6.58. The van der Waals surface area contributed by atoms with Gasteiger partial charge in [0.2, 0.25) is 0 Å². The molecule has 0 aliphatic heterocycles. The highest BCUT2D eigenvalue weighted by molar-refractivity contribution is 6.54. The molecule has 0 heterocycles. The van der Waals surface area contributed by atoms with Crippen LogP contribution in [0.15, 0.2) is 29.8 Å². The van der Waals surface area contributed by atoms with Crippen molar-refractivity contribution in [2.75, 3.05) is 0 Å². The van der Waals surface area contributed by atoms with Crippen molar-refractivity contribution in [1.82, 2.24) is 0 Å². The number of hydrogen-bond donors (Lipinski definition) is 1. The lowest BCUT2D eigenvalue weighted by molar-refractivity contribution is -0.0464. The summed E-state index contributed by atoms with van der Waals surface area (Å²) in [6, 6.07) is 6.73. The first-order valence-electron chi connectivity index (χ1n) is 17.0. The third-order valence-corrected chi connectivity index (χ3v) is 12.7. The van der Waals surface area contributed by atoms with Crippen LogP contribution in [0.5, 0.6) is 5.75 Å². The van der Waals surface area contributed by atoms with Crippen molar-refractivity contribution in [3.8, 4) is 5.75 Å². The summed E-state index contributed by atoms with van der Waals surface area (Å²) in [7, 11) is -3.39. The molecule has 0 spiro atoms. The molecule has 0 saturated heterocycles. The van der Waals surface area contributed by atoms with Crippen molar-refractivity contribution in [2.45, 2.75) is 157 Å². The Morgan fingerprint density at radius 2 is 1.60 bits per heavy atom. The van der Waals surface area contributed by atoms with E-state index in [1.54, 1.807) is 5.57 Å². The van der Waals surface area contributed by atoms with Crippen molar-refractivity contribution in [1.29, 1.82) is 0 Å². The van der Waals surface area contributed by atoms with Gasteiger partial charge in [-0.25, -0.2) is 0 Å². The van der Waals surface area contributed by atoms with Crippen LogP contribution in [0, 0.1) is 23.2 Å². The minimum atomic E-state index is -3.39. The predicted molar refractivity (Wildman–Crippen MR) is 175 cm³/mol. The summed E-state index contributed by atoms with van der Waals surface area (Å²) in [5.74, 6) is 3.64. The molecule has 0 bridgehead atoms. The summed E-state index contributed by atoms with van der Waals surface area (Å²) in [6.07, 6.45) is 13.6. The maximum atomic E-state index is 6.58. The van der Waals surface area contributed by atoms with E-state index >= 15 is 0 Å². The van der Waals surface area contributed by atoms with E-state index in [0.717, 1.165) is 30.4 Å². The number of unbranched alkanes of at least 4 members (excludes halogenated alkanes) is 1. The first-order valence-corrected chi connectivity index (χ1v) is 18.6. The van der Waals surface area contributed by atoms with Gasteiger partial charge in [-0.2, -0.15) is 0 Å². The number of hydrogen-bond acceptors (Lipinski definition) is 5. The second-order valence-corrected chi connectivity index (χ2v) is 17.3. The average Bonchev–Trinajstić information content (AvgIpc) is 3.21. The van der Waals surface area contributed by atoms with Crippen molar-refractivity contribution in [3.05, 3.63) is 41.0 Å². The molecule has 1 saturated carbocycles. The zero-order valence-corrected chi connectivity index (χ0v) is 29.4. The molecule has 5 atom stereocenters. The second-order valence-electron chi connectivity index (χ2n) is 15.4. The van der Waals surface area contributed by atoms with E-state index in [4.69, 9.17) is 23.4 Å². The number of nitrogens with two attached hydrogens (primary N) is 1. The monoisotopic (exact) mass is 599 g/mol. The Balaban J connectivity index is 1.46. The van der Waals surface area contributed by atoms with E-state index in [2.05, 4.69) is 52.0 Å². The zero-order valence-electron chi connectivity index (χ0n) is 28.4. The number of aryl methyl sites for hydroxylation is 1. The lowest BCUT2D eigenvalue weighted by Crippen LogP contribution is -2.56. The van der Waals surface area contributed by atoms with Gasteiger partial charge < -0.3 is 23.4 Å². The third kappa shape index (κ3) is 7.90. The van der Waals surface area contributed by atoms with Crippen LogP contribution in [0.1, 0.15) is 138 Å². The molecule has 1 unspecified atom stereocenters. The Hall–Kier alpha value is -1.18. The summed E-state index contributed by atoms with van der Waals surface area (Å²) in [6.45, 7) is 21.4. The number of allylic oxidation sites excluding steroid dienone is 2. The zero-order chi connectivity index (χ0) is 30.9. The molecule has 1 aromatic carbocycles. The van der Waals surface area contributed by atoms with Crippen LogP contribution in [0.4, 0.5) is 0 Å². The summed E-state index contributed by atoms with van der Waals surface area (Å²) in [5.41, 5.74) is 11.3. The number of rotatable bonds is 14. The molecule has 0 amide bonds. The van der Waals surface area contributed by atoms with E-state index < -0.39 is 9.05 Å². The Morgan fingerprint density at radius 1 is 0.952 bits per heavy atom. The SMILES string of the molecule is CC(C)O[Si](Oc1ccc2c(c1)CC[C@@H]1[C@@H]2CC[C@]2(C)C(C(C)CCCCC(C)(C)N)=CC[C@@H]12)(OC(C)C)OC(C)C. The Bertz CT molecular complexity index is 1050. The predicted octanol–water partition coefficient (Wildman–Crippen LogP) is 9.10. The smallest absolute Gasteiger partial charge is 0.480 e. The number of fused-ring (bicyclic) bond motifs is 5. The molecule has 5 nitrogen and oxygen atoms in total. The lowest BCUT2D eigenvalue weighted by Gasteiger charge is -2.51. The van der Waals surface area contributed by atoms with E-state index in [1.165, 1.54) is 56.1 Å². The Labute approximate surface area is 258 Å². The second kappa shape index (κ2) is 13.4. The van der Waals surface area contributed by atoms with Crippen molar-refractivity contribution in [2.24, 2.45) is 28.9 Å². The molecule has 1 aromatic rings. The molecule has 4 rings (SSSR count). The van der Waals surface area contributed by atoms with Gasteiger partial charge in [0.1, 0.15) is 5.75 Å². The molecule has 1 fully saturated rings. The van der Waals surface area contributed by atoms with Crippen LogP contribution >= 0.6 is 0 Å². The van der Waals surface area contributed by atoms with Crippen molar-refractivity contribution in [3.63, 3.8) is 0 Å². The first-order chi connectivity index (χ1) is 19.6. The van der Waals surface area contributed by atoms with Gasteiger partial charge in [-0.3, -0.25) is 0 Å². The molecule has 238 valence electrons. The molecule has 3 aliphatic rings. The van der Waals surface area contributed by atoms with Gasteiger partial charge in [-0.15, -0.1) is 0 Å². The van der Waals surface area contributed by atoms with Gasteiger partial charge >= 0.3 is 9.05 Å². The minimum Gasteiger partial charge on any atom is -0.480 e. The van der Waals surface area contributed by atoms with Crippen molar-refractivity contribution < 1.29 is 17.7 Å². The maximum Gasteiger partial charge on any atom is 0.750 e. The summed E-state index contributed by atoms with van der Waals surface area (Å²) < 4.78 is 25.4. The third-order valence-electron chi connectivity index (χ3n) is 9.96. The van der Waals surface area contributed by atoms with Crippen LogP contribution in [0.2, 0.25) is 0 Å². The molecule has 3 aliphatic carbocycles. The van der Waals surface area contributed by atoms with E-state index in [1.807, 2.05) is 41.5 Å². The van der Waals surface area contributed by atoms with Crippen LogP contribution in [-0.2, 0) is 19.7 Å². The van der Waals surface area contributed by atoms with Crippen LogP contribution < -0.4 is 10.2 Å². The fourth-order valence-electron chi connectivity index (χ4n) is 8.34. The van der Waals surface area contributed by atoms with E-state index in [-0.39, 0.29) is 23.9 Å². The van der Waals surface area contributed by atoms with Gasteiger partial charge in [0.15, 0.2) is 0 Å². The van der Waals surface area contributed by atoms with Gasteiger partial charge in [0.05, 0.1) is 0 Å². The summed E-state index contributed by atoms with van der Waals surface area (Å²) in [5, 5.41) is 0. The first kappa shape index (κ1) is 33.7. The molecular weight excluding hydrogens is 538 g/mol.